The largest absolute Gasteiger partial charge is 0.351 e. The van der Waals surface area contributed by atoms with Crippen molar-refractivity contribution < 1.29 is 9.18 Å². The SMILES string of the molecule is Cl.O=C(NCc1cccc(Cl)c1F)C1CC2CCCCC2N1. The molecule has 3 rings (SSSR count). The first-order valence-corrected chi connectivity index (χ1v) is 7.99. The minimum Gasteiger partial charge on any atom is -0.351 e. The molecule has 1 aliphatic heterocycles. The fourth-order valence-corrected chi connectivity index (χ4v) is 3.71. The molecule has 0 radical (unpaired) electrons. The molecule has 3 atom stereocenters. The Morgan fingerprint density at radius 2 is 2.14 bits per heavy atom. The van der Waals surface area contributed by atoms with Gasteiger partial charge in [-0.3, -0.25) is 4.79 Å². The lowest BCUT2D eigenvalue weighted by Gasteiger charge is -2.24. The maximum absolute atomic E-state index is 13.8. The smallest absolute Gasteiger partial charge is 0.237 e. The van der Waals surface area contributed by atoms with Gasteiger partial charge in [0, 0.05) is 18.2 Å². The van der Waals surface area contributed by atoms with Crippen molar-refractivity contribution in [3.63, 3.8) is 0 Å². The van der Waals surface area contributed by atoms with E-state index in [9.17, 15) is 9.18 Å². The summed E-state index contributed by atoms with van der Waals surface area (Å²) in [4.78, 5) is 12.2. The number of fused-ring (bicyclic) bond motifs is 1. The number of benzene rings is 1. The lowest BCUT2D eigenvalue weighted by atomic mass is 9.85. The van der Waals surface area contributed by atoms with E-state index in [0.29, 0.717) is 17.5 Å². The van der Waals surface area contributed by atoms with Crippen molar-refractivity contribution in [1.82, 2.24) is 10.6 Å². The van der Waals surface area contributed by atoms with E-state index in [0.717, 1.165) is 12.8 Å². The molecule has 0 bridgehead atoms. The number of nitrogens with one attached hydrogen (secondary N) is 2. The molecule has 2 fully saturated rings. The van der Waals surface area contributed by atoms with Crippen LogP contribution in [0.25, 0.3) is 0 Å². The number of hydrogen-bond donors (Lipinski definition) is 2. The lowest BCUT2D eigenvalue weighted by molar-refractivity contribution is -0.123. The number of rotatable bonds is 3. The Hall–Kier alpha value is -0.840. The highest BCUT2D eigenvalue weighted by molar-refractivity contribution is 6.30. The van der Waals surface area contributed by atoms with E-state index < -0.39 is 5.82 Å². The Bertz CT molecular complexity index is 527. The van der Waals surface area contributed by atoms with Crippen molar-refractivity contribution in [2.75, 3.05) is 0 Å². The van der Waals surface area contributed by atoms with Gasteiger partial charge < -0.3 is 10.6 Å². The molecule has 0 aromatic heterocycles. The zero-order valence-corrected chi connectivity index (χ0v) is 13.9. The summed E-state index contributed by atoms with van der Waals surface area (Å²) in [6, 6.07) is 5.18. The number of halogens is 3. The number of carbonyl (C=O) groups is 1. The fourth-order valence-electron chi connectivity index (χ4n) is 3.51. The van der Waals surface area contributed by atoms with Gasteiger partial charge >= 0.3 is 0 Å². The Morgan fingerprint density at radius 3 is 2.91 bits per heavy atom. The van der Waals surface area contributed by atoms with Crippen LogP contribution in [0.2, 0.25) is 5.02 Å². The molecule has 3 unspecified atom stereocenters. The van der Waals surface area contributed by atoms with Crippen LogP contribution in [-0.2, 0) is 11.3 Å². The average molecular weight is 347 g/mol. The number of carbonyl (C=O) groups excluding carboxylic acids is 1. The van der Waals surface area contributed by atoms with Crippen molar-refractivity contribution in [3.05, 3.63) is 34.6 Å². The van der Waals surface area contributed by atoms with E-state index in [1.54, 1.807) is 12.1 Å². The number of amides is 1. The van der Waals surface area contributed by atoms with Gasteiger partial charge in [-0.05, 0) is 31.2 Å². The van der Waals surface area contributed by atoms with E-state index in [2.05, 4.69) is 10.6 Å². The molecular weight excluding hydrogens is 326 g/mol. The summed E-state index contributed by atoms with van der Waals surface area (Å²) in [5.41, 5.74) is 0.422. The third kappa shape index (κ3) is 3.73. The van der Waals surface area contributed by atoms with Gasteiger partial charge in [-0.25, -0.2) is 4.39 Å². The van der Waals surface area contributed by atoms with Crippen LogP contribution in [0, 0.1) is 11.7 Å². The minimum absolute atomic E-state index is 0. The topological polar surface area (TPSA) is 41.1 Å². The summed E-state index contributed by atoms with van der Waals surface area (Å²) < 4.78 is 13.8. The first kappa shape index (κ1) is 17.5. The quantitative estimate of drug-likeness (QED) is 0.880. The molecule has 122 valence electrons. The second kappa shape index (κ2) is 7.62. The number of hydrogen-bond acceptors (Lipinski definition) is 2. The first-order chi connectivity index (χ1) is 10.1. The summed E-state index contributed by atoms with van der Waals surface area (Å²) in [6.07, 6.45) is 5.79. The lowest BCUT2D eigenvalue weighted by Crippen LogP contribution is -2.43. The Morgan fingerprint density at radius 1 is 1.36 bits per heavy atom. The van der Waals surface area contributed by atoms with Crippen molar-refractivity contribution in [2.24, 2.45) is 5.92 Å². The van der Waals surface area contributed by atoms with E-state index in [1.807, 2.05) is 0 Å². The van der Waals surface area contributed by atoms with Crippen molar-refractivity contribution >= 4 is 29.9 Å². The monoisotopic (exact) mass is 346 g/mol. The van der Waals surface area contributed by atoms with E-state index in [1.165, 1.54) is 25.3 Å². The van der Waals surface area contributed by atoms with Crippen LogP contribution in [-0.4, -0.2) is 18.0 Å². The van der Waals surface area contributed by atoms with Crippen LogP contribution in [0.3, 0.4) is 0 Å². The summed E-state index contributed by atoms with van der Waals surface area (Å²) in [5, 5.41) is 6.33. The van der Waals surface area contributed by atoms with Gasteiger partial charge in [0.25, 0.3) is 0 Å². The highest BCUT2D eigenvalue weighted by Crippen LogP contribution is 2.33. The van der Waals surface area contributed by atoms with E-state index in [-0.39, 0.29) is 35.9 Å². The van der Waals surface area contributed by atoms with Crippen molar-refractivity contribution in [1.29, 1.82) is 0 Å². The van der Waals surface area contributed by atoms with Crippen LogP contribution < -0.4 is 10.6 Å². The second-order valence-corrected chi connectivity index (χ2v) is 6.44. The summed E-state index contributed by atoms with van der Waals surface area (Å²) in [6.45, 7) is 0.179. The molecule has 1 aliphatic carbocycles. The van der Waals surface area contributed by atoms with Crippen LogP contribution in [0.1, 0.15) is 37.7 Å². The third-order valence-corrected chi connectivity index (χ3v) is 4.96. The molecule has 1 saturated heterocycles. The fraction of sp³-hybridized carbons (Fsp3) is 0.562. The maximum Gasteiger partial charge on any atom is 0.237 e. The van der Waals surface area contributed by atoms with Gasteiger partial charge in [0.05, 0.1) is 11.1 Å². The van der Waals surface area contributed by atoms with Gasteiger partial charge in [0.1, 0.15) is 5.82 Å². The first-order valence-electron chi connectivity index (χ1n) is 7.62. The molecule has 3 nitrogen and oxygen atoms in total. The summed E-state index contributed by atoms with van der Waals surface area (Å²) >= 11 is 5.74. The molecule has 6 heteroatoms. The summed E-state index contributed by atoms with van der Waals surface area (Å²) in [5.74, 6) is 0.133. The Balaban J connectivity index is 0.00000176. The molecule has 2 aliphatic rings. The normalized spacial score (nSPS) is 26.9. The molecule has 1 aromatic rings. The van der Waals surface area contributed by atoms with Crippen LogP contribution in [0.15, 0.2) is 18.2 Å². The van der Waals surface area contributed by atoms with Crippen LogP contribution >= 0.6 is 24.0 Å². The van der Waals surface area contributed by atoms with Gasteiger partial charge in [0.2, 0.25) is 5.91 Å². The minimum atomic E-state index is -0.451. The summed E-state index contributed by atoms with van der Waals surface area (Å²) in [7, 11) is 0. The second-order valence-electron chi connectivity index (χ2n) is 6.04. The molecule has 1 saturated carbocycles. The molecule has 2 N–H and O–H groups in total. The van der Waals surface area contributed by atoms with Gasteiger partial charge in [-0.2, -0.15) is 0 Å². The van der Waals surface area contributed by atoms with Gasteiger partial charge in [0.15, 0.2) is 0 Å². The van der Waals surface area contributed by atoms with Crippen molar-refractivity contribution in [3.8, 4) is 0 Å². The average Bonchev–Trinajstić information content (AvgIpc) is 2.92. The molecule has 1 aromatic carbocycles. The van der Waals surface area contributed by atoms with Gasteiger partial charge in [-0.15, -0.1) is 12.4 Å². The predicted molar refractivity (Wildman–Crippen MR) is 87.8 cm³/mol. The van der Waals surface area contributed by atoms with Crippen LogP contribution in [0.5, 0.6) is 0 Å². The molecule has 22 heavy (non-hydrogen) atoms. The molecule has 1 amide bonds. The Kier molecular flexibility index (Phi) is 6.07. The standard InChI is InChI=1S/C16H20ClFN2O.ClH/c17-12-6-3-5-11(15(12)18)9-19-16(21)14-8-10-4-1-2-7-13(10)20-14;/h3,5-6,10,13-14,20H,1-2,4,7-9H2,(H,19,21);1H. The van der Waals surface area contributed by atoms with Crippen molar-refractivity contribution in [2.45, 2.75) is 50.7 Å². The van der Waals surface area contributed by atoms with Gasteiger partial charge in [-0.1, -0.05) is 36.6 Å². The molecule has 1 heterocycles. The highest BCUT2D eigenvalue weighted by Gasteiger charge is 2.38. The highest BCUT2D eigenvalue weighted by atomic mass is 35.5. The third-order valence-electron chi connectivity index (χ3n) is 4.66. The zero-order chi connectivity index (χ0) is 14.8. The molecule has 0 spiro atoms. The van der Waals surface area contributed by atoms with Crippen LogP contribution in [0.4, 0.5) is 4.39 Å². The zero-order valence-electron chi connectivity index (χ0n) is 12.3. The van der Waals surface area contributed by atoms with E-state index in [4.69, 9.17) is 11.6 Å². The van der Waals surface area contributed by atoms with E-state index >= 15 is 0 Å². The Labute approximate surface area is 141 Å². The predicted octanol–water partition coefficient (Wildman–Crippen LogP) is 3.44. The molecular formula is C16H21Cl2FN2O. The maximum atomic E-state index is 13.8.